The lowest BCUT2D eigenvalue weighted by Gasteiger charge is -2.14. The van der Waals surface area contributed by atoms with Crippen LogP contribution in [0.3, 0.4) is 0 Å². The highest BCUT2D eigenvalue weighted by atomic mass is 35.5. The number of rotatable bonds is 5. The molecule has 9 heteroatoms. The maximum Gasteiger partial charge on any atom is 0.349 e. The van der Waals surface area contributed by atoms with Gasteiger partial charge in [-0.2, -0.15) is 0 Å². The van der Waals surface area contributed by atoms with Crippen LogP contribution in [0.4, 0.5) is 0 Å². The van der Waals surface area contributed by atoms with Crippen LogP contribution in [0.15, 0.2) is 28.0 Å². The Morgan fingerprint density at radius 3 is 2.90 bits per heavy atom. The Balaban J connectivity index is 0.00000220. The molecule has 1 aromatic heterocycles. The summed E-state index contributed by atoms with van der Waals surface area (Å²) in [6.45, 7) is 1.86. The van der Waals surface area contributed by atoms with E-state index in [0.29, 0.717) is 0 Å². The Kier molecular flexibility index (Phi) is 6.82. The third-order valence-electron chi connectivity index (χ3n) is 2.94. The Morgan fingerprint density at radius 1 is 1.52 bits per heavy atom. The molecule has 0 unspecified atom stereocenters. The molecule has 0 radical (unpaired) electrons. The van der Waals surface area contributed by atoms with Crippen molar-refractivity contribution in [1.82, 2.24) is 10.0 Å². The molecule has 0 spiro atoms. The summed E-state index contributed by atoms with van der Waals surface area (Å²) in [5.41, 5.74) is 1.04. The van der Waals surface area contributed by atoms with Crippen molar-refractivity contribution in [3.63, 3.8) is 0 Å². The SMILES string of the molecule is COC(=O)c1sccc1S(=O)(=O)NCC1=CCNCC1.Cl. The molecule has 1 aliphatic rings. The van der Waals surface area contributed by atoms with Crippen molar-refractivity contribution in [3.05, 3.63) is 28.0 Å². The minimum atomic E-state index is -3.70. The highest BCUT2D eigenvalue weighted by Gasteiger charge is 2.24. The lowest BCUT2D eigenvalue weighted by Crippen LogP contribution is -2.30. The first-order chi connectivity index (χ1) is 9.54. The predicted molar refractivity (Wildman–Crippen MR) is 83.7 cm³/mol. The fraction of sp³-hybridized carbons (Fsp3) is 0.417. The number of esters is 1. The van der Waals surface area contributed by atoms with E-state index in [9.17, 15) is 13.2 Å². The van der Waals surface area contributed by atoms with Gasteiger partial charge in [0.05, 0.1) is 7.11 Å². The maximum absolute atomic E-state index is 12.2. The highest BCUT2D eigenvalue weighted by Crippen LogP contribution is 2.22. The van der Waals surface area contributed by atoms with Gasteiger partial charge in [0, 0.05) is 13.1 Å². The van der Waals surface area contributed by atoms with E-state index in [1.807, 2.05) is 6.08 Å². The van der Waals surface area contributed by atoms with Gasteiger partial charge in [0.2, 0.25) is 10.0 Å². The second kappa shape index (κ2) is 7.90. The minimum Gasteiger partial charge on any atom is -0.465 e. The Bertz CT molecular complexity index is 625. The minimum absolute atomic E-state index is 0. The molecule has 0 saturated heterocycles. The van der Waals surface area contributed by atoms with E-state index in [1.54, 1.807) is 5.38 Å². The van der Waals surface area contributed by atoms with E-state index in [-0.39, 0.29) is 28.7 Å². The van der Waals surface area contributed by atoms with E-state index in [1.165, 1.54) is 13.2 Å². The lowest BCUT2D eigenvalue weighted by atomic mass is 10.1. The molecule has 118 valence electrons. The standard InChI is InChI=1S/C12H16N2O4S2.ClH/c1-18-12(15)11-10(4-7-19-11)20(16,17)14-8-9-2-5-13-6-3-9;/h2,4,7,13-14H,3,5-6,8H2,1H3;1H. The Morgan fingerprint density at radius 2 is 2.29 bits per heavy atom. The molecule has 2 rings (SSSR count). The van der Waals surface area contributed by atoms with E-state index in [0.717, 1.165) is 36.4 Å². The molecule has 0 fully saturated rings. The molecular formula is C12H17ClN2O4S2. The molecule has 0 atom stereocenters. The first kappa shape index (κ1) is 18.1. The number of sulfonamides is 1. The second-order valence-electron chi connectivity index (χ2n) is 4.25. The molecule has 0 aromatic carbocycles. The van der Waals surface area contributed by atoms with Crippen LogP contribution in [0.25, 0.3) is 0 Å². The summed E-state index contributed by atoms with van der Waals surface area (Å²) in [4.78, 5) is 11.6. The summed E-state index contributed by atoms with van der Waals surface area (Å²) in [5, 5.41) is 4.72. The zero-order valence-electron chi connectivity index (χ0n) is 11.4. The molecule has 0 saturated carbocycles. The van der Waals surface area contributed by atoms with E-state index in [2.05, 4.69) is 14.8 Å². The van der Waals surface area contributed by atoms with Crippen molar-refractivity contribution in [2.24, 2.45) is 0 Å². The fourth-order valence-corrected chi connectivity index (χ4v) is 4.22. The molecule has 0 bridgehead atoms. The van der Waals surface area contributed by atoms with Crippen molar-refractivity contribution in [2.45, 2.75) is 11.3 Å². The van der Waals surface area contributed by atoms with Crippen LogP contribution in [-0.4, -0.2) is 41.1 Å². The average Bonchev–Trinajstić information content (AvgIpc) is 2.96. The third-order valence-corrected chi connectivity index (χ3v) is 5.40. The maximum atomic E-state index is 12.2. The van der Waals surface area contributed by atoms with Crippen LogP contribution in [-0.2, 0) is 14.8 Å². The number of carbonyl (C=O) groups excluding carboxylic acids is 1. The van der Waals surface area contributed by atoms with Crippen molar-refractivity contribution in [1.29, 1.82) is 0 Å². The summed E-state index contributed by atoms with van der Waals surface area (Å²) >= 11 is 1.05. The quantitative estimate of drug-likeness (QED) is 0.613. The number of ether oxygens (including phenoxy) is 1. The number of thiophene rings is 1. The van der Waals surface area contributed by atoms with Crippen molar-refractivity contribution in [2.75, 3.05) is 26.7 Å². The molecule has 6 nitrogen and oxygen atoms in total. The van der Waals surface area contributed by atoms with Crippen molar-refractivity contribution in [3.8, 4) is 0 Å². The van der Waals surface area contributed by atoms with Gasteiger partial charge in [-0.15, -0.1) is 23.7 Å². The van der Waals surface area contributed by atoms with Crippen molar-refractivity contribution >= 4 is 39.7 Å². The van der Waals surface area contributed by atoms with Crippen LogP contribution in [0.5, 0.6) is 0 Å². The molecule has 0 aliphatic carbocycles. The van der Waals surface area contributed by atoms with Gasteiger partial charge in [-0.3, -0.25) is 0 Å². The Hall–Kier alpha value is -0.930. The van der Waals surface area contributed by atoms with Gasteiger partial charge in [-0.05, 0) is 24.4 Å². The first-order valence-corrected chi connectivity index (χ1v) is 8.45. The number of hydrogen-bond acceptors (Lipinski definition) is 6. The average molecular weight is 353 g/mol. The van der Waals surface area contributed by atoms with Gasteiger partial charge in [0.1, 0.15) is 9.77 Å². The number of hydrogen-bond donors (Lipinski definition) is 2. The zero-order chi connectivity index (χ0) is 14.6. The summed E-state index contributed by atoms with van der Waals surface area (Å²) in [6.07, 6.45) is 2.79. The summed E-state index contributed by atoms with van der Waals surface area (Å²) in [6, 6.07) is 1.41. The highest BCUT2D eigenvalue weighted by molar-refractivity contribution is 7.89. The van der Waals surface area contributed by atoms with Crippen LogP contribution >= 0.6 is 23.7 Å². The number of methoxy groups -OCH3 is 1. The van der Waals surface area contributed by atoms with E-state index >= 15 is 0 Å². The van der Waals surface area contributed by atoms with Crippen molar-refractivity contribution < 1.29 is 17.9 Å². The molecule has 2 N–H and O–H groups in total. The third kappa shape index (κ3) is 4.52. The van der Waals surface area contributed by atoms with Gasteiger partial charge in [0.15, 0.2) is 0 Å². The predicted octanol–water partition coefficient (Wildman–Crippen LogP) is 1.15. The number of halogens is 1. The molecular weight excluding hydrogens is 336 g/mol. The van der Waals surface area contributed by atoms with Crippen LogP contribution in [0.1, 0.15) is 16.1 Å². The molecule has 0 amide bonds. The Labute approximate surface area is 134 Å². The molecule has 2 heterocycles. The summed E-state index contributed by atoms with van der Waals surface area (Å²) < 4.78 is 31.6. The molecule has 1 aromatic rings. The topological polar surface area (TPSA) is 84.5 Å². The lowest BCUT2D eigenvalue weighted by molar-refractivity contribution is 0.0602. The first-order valence-electron chi connectivity index (χ1n) is 6.08. The smallest absolute Gasteiger partial charge is 0.349 e. The van der Waals surface area contributed by atoms with Crippen LogP contribution < -0.4 is 10.0 Å². The monoisotopic (exact) mass is 352 g/mol. The largest absolute Gasteiger partial charge is 0.465 e. The van der Waals surface area contributed by atoms with Gasteiger partial charge in [-0.25, -0.2) is 17.9 Å². The van der Waals surface area contributed by atoms with Gasteiger partial charge < -0.3 is 10.1 Å². The fourth-order valence-electron chi connectivity index (χ4n) is 1.85. The van der Waals surface area contributed by atoms with Crippen LogP contribution in [0, 0.1) is 0 Å². The van der Waals surface area contributed by atoms with E-state index in [4.69, 9.17) is 0 Å². The summed E-state index contributed by atoms with van der Waals surface area (Å²) in [5.74, 6) is -0.638. The summed E-state index contributed by atoms with van der Waals surface area (Å²) in [7, 11) is -2.48. The molecule has 1 aliphatic heterocycles. The van der Waals surface area contributed by atoms with E-state index < -0.39 is 16.0 Å². The van der Waals surface area contributed by atoms with Gasteiger partial charge in [-0.1, -0.05) is 11.6 Å². The second-order valence-corrected chi connectivity index (χ2v) is 6.90. The zero-order valence-corrected chi connectivity index (χ0v) is 13.9. The molecule has 21 heavy (non-hydrogen) atoms. The van der Waals surface area contributed by atoms with Gasteiger partial charge >= 0.3 is 5.97 Å². The van der Waals surface area contributed by atoms with Gasteiger partial charge in [0.25, 0.3) is 0 Å². The normalized spacial score (nSPS) is 15.0. The van der Waals surface area contributed by atoms with Crippen LogP contribution in [0.2, 0.25) is 0 Å². The number of carbonyl (C=O) groups is 1. The number of nitrogens with one attached hydrogen (secondary N) is 2.